The summed E-state index contributed by atoms with van der Waals surface area (Å²) >= 11 is 7.79. The molecule has 2 aromatic rings. The normalized spacial score (nSPS) is 11.2. The lowest BCUT2D eigenvalue weighted by molar-refractivity contribution is -0.119. The van der Waals surface area contributed by atoms with Crippen LogP contribution < -0.4 is 9.62 Å². The van der Waals surface area contributed by atoms with Gasteiger partial charge in [-0.05, 0) is 24.6 Å². The Balaban J connectivity index is 1.83. The van der Waals surface area contributed by atoms with Crippen molar-refractivity contribution in [2.45, 2.75) is 12.7 Å². The molecule has 0 unspecified atom stereocenters. The van der Waals surface area contributed by atoms with E-state index >= 15 is 0 Å². The maximum Gasteiger partial charge on any atom is 0.240 e. The van der Waals surface area contributed by atoms with Crippen molar-refractivity contribution in [3.05, 3.63) is 64.7 Å². The number of amides is 1. The second-order valence-electron chi connectivity index (χ2n) is 6.11. The molecule has 27 heavy (non-hydrogen) atoms. The molecule has 0 aliphatic carbocycles. The van der Waals surface area contributed by atoms with E-state index in [9.17, 15) is 13.2 Å². The summed E-state index contributed by atoms with van der Waals surface area (Å²) in [5.74, 6) is 1.24. The Morgan fingerprint density at radius 2 is 1.93 bits per heavy atom. The van der Waals surface area contributed by atoms with Gasteiger partial charge in [-0.3, -0.25) is 9.10 Å². The molecule has 0 saturated carbocycles. The molecule has 2 aromatic carbocycles. The third-order valence-electron chi connectivity index (χ3n) is 3.73. The molecule has 0 radical (unpaired) electrons. The molecule has 0 saturated heterocycles. The Morgan fingerprint density at radius 1 is 1.19 bits per heavy atom. The number of benzene rings is 2. The van der Waals surface area contributed by atoms with E-state index in [2.05, 4.69) is 30.4 Å². The van der Waals surface area contributed by atoms with Crippen LogP contribution in [-0.2, 0) is 20.6 Å². The standard InChI is InChI=1S/C19H23ClN2O3S2/c1-15-6-5-7-16(12-15)14-26-11-10-21-19(23)13-22(27(2,24)25)18-9-4-3-8-17(18)20/h3-9,12H,10-11,13-14H2,1-2H3,(H,21,23). The summed E-state index contributed by atoms with van der Waals surface area (Å²) in [6, 6.07) is 14.9. The monoisotopic (exact) mass is 426 g/mol. The van der Waals surface area contributed by atoms with Gasteiger partial charge in [-0.1, -0.05) is 53.6 Å². The maximum atomic E-state index is 12.2. The first kappa shape index (κ1) is 21.6. The summed E-state index contributed by atoms with van der Waals surface area (Å²) in [6.07, 6.45) is 1.06. The van der Waals surface area contributed by atoms with Crippen molar-refractivity contribution in [1.29, 1.82) is 0 Å². The Kier molecular flexibility index (Phi) is 8.01. The topological polar surface area (TPSA) is 66.5 Å². The largest absolute Gasteiger partial charge is 0.354 e. The number of anilines is 1. The molecule has 0 fully saturated rings. The lowest BCUT2D eigenvalue weighted by Gasteiger charge is -2.22. The van der Waals surface area contributed by atoms with E-state index in [1.807, 2.05) is 6.07 Å². The second kappa shape index (κ2) is 10.0. The van der Waals surface area contributed by atoms with Crippen molar-refractivity contribution in [2.75, 3.05) is 29.4 Å². The van der Waals surface area contributed by atoms with Crippen LogP contribution >= 0.6 is 23.4 Å². The van der Waals surface area contributed by atoms with E-state index in [1.165, 1.54) is 11.1 Å². The fourth-order valence-electron chi connectivity index (χ4n) is 2.48. The van der Waals surface area contributed by atoms with Gasteiger partial charge in [0.05, 0.1) is 17.0 Å². The quantitative estimate of drug-likeness (QED) is 0.623. The number of rotatable bonds is 9. The minimum absolute atomic E-state index is 0.282. The summed E-state index contributed by atoms with van der Waals surface area (Å²) in [7, 11) is -3.63. The van der Waals surface area contributed by atoms with Gasteiger partial charge in [0.15, 0.2) is 0 Å². The second-order valence-corrected chi connectivity index (χ2v) is 9.53. The number of hydrogen-bond acceptors (Lipinski definition) is 4. The molecule has 0 aromatic heterocycles. The highest BCUT2D eigenvalue weighted by molar-refractivity contribution is 7.98. The molecular formula is C19H23ClN2O3S2. The lowest BCUT2D eigenvalue weighted by Crippen LogP contribution is -2.41. The minimum atomic E-state index is -3.63. The predicted octanol–water partition coefficient (Wildman–Crippen LogP) is 3.46. The number of sulfonamides is 1. The van der Waals surface area contributed by atoms with E-state index < -0.39 is 10.0 Å². The van der Waals surface area contributed by atoms with Gasteiger partial charge in [-0.25, -0.2) is 8.42 Å². The van der Waals surface area contributed by atoms with Crippen LogP contribution in [0.15, 0.2) is 48.5 Å². The Labute approximate surface area is 170 Å². The molecule has 5 nitrogen and oxygen atoms in total. The molecular weight excluding hydrogens is 404 g/mol. The van der Waals surface area contributed by atoms with Crippen LogP contribution in [-0.4, -0.2) is 39.4 Å². The molecule has 1 amide bonds. The first-order valence-corrected chi connectivity index (χ1v) is 11.8. The van der Waals surface area contributed by atoms with Gasteiger partial charge < -0.3 is 5.32 Å². The van der Waals surface area contributed by atoms with Crippen LogP contribution in [0.3, 0.4) is 0 Å². The lowest BCUT2D eigenvalue weighted by atomic mass is 10.2. The summed E-state index contributed by atoms with van der Waals surface area (Å²) in [4.78, 5) is 12.2. The zero-order valence-electron chi connectivity index (χ0n) is 15.3. The van der Waals surface area contributed by atoms with Crippen LogP contribution in [0.2, 0.25) is 5.02 Å². The maximum absolute atomic E-state index is 12.2. The molecule has 146 valence electrons. The molecule has 1 N–H and O–H groups in total. The number of carbonyl (C=O) groups excluding carboxylic acids is 1. The molecule has 0 spiro atoms. The number of para-hydroxylation sites is 1. The highest BCUT2D eigenvalue weighted by atomic mass is 35.5. The molecule has 8 heteroatoms. The number of nitrogens with zero attached hydrogens (tertiary/aromatic N) is 1. The summed E-state index contributed by atoms with van der Waals surface area (Å²) in [5.41, 5.74) is 2.76. The number of hydrogen-bond donors (Lipinski definition) is 1. The number of nitrogens with one attached hydrogen (secondary N) is 1. The smallest absolute Gasteiger partial charge is 0.240 e. The van der Waals surface area contributed by atoms with Gasteiger partial charge in [0.2, 0.25) is 15.9 Å². The molecule has 0 heterocycles. The van der Waals surface area contributed by atoms with Gasteiger partial charge in [0, 0.05) is 18.1 Å². The average molecular weight is 427 g/mol. The van der Waals surface area contributed by atoms with Crippen LogP contribution in [0, 0.1) is 6.92 Å². The van der Waals surface area contributed by atoms with Crippen molar-refractivity contribution >= 4 is 45.0 Å². The van der Waals surface area contributed by atoms with Crippen molar-refractivity contribution in [2.24, 2.45) is 0 Å². The fourth-order valence-corrected chi connectivity index (χ4v) is 4.44. The molecule has 0 bridgehead atoms. The van der Waals surface area contributed by atoms with Crippen LogP contribution in [0.1, 0.15) is 11.1 Å². The third-order valence-corrected chi connectivity index (χ3v) is 6.20. The number of aryl methyl sites for hydroxylation is 1. The van der Waals surface area contributed by atoms with E-state index in [0.717, 1.165) is 22.1 Å². The summed E-state index contributed by atoms with van der Waals surface area (Å²) in [5, 5.41) is 3.05. The van der Waals surface area contributed by atoms with Crippen molar-refractivity contribution < 1.29 is 13.2 Å². The first-order valence-electron chi connectivity index (χ1n) is 8.39. The van der Waals surface area contributed by atoms with Crippen LogP contribution in [0.25, 0.3) is 0 Å². The number of carbonyl (C=O) groups is 1. The van der Waals surface area contributed by atoms with E-state index in [0.29, 0.717) is 12.2 Å². The molecule has 0 aliphatic heterocycles. The van der Waals surface area contributed by atoms with Crippen LogP contribution in [0.4, 0.5) is 5.69 Å². The Morgan fingerprint density at radius 3 is 2.59 bits per heavy atom. The van der Waals surface area contributed by atoms with E-state index in [4.69, 9.17) is 11.6 Å². The van der Waals surface area contributed by atoms with Crippen molar-refractivity contribution in [3.8, 4) is 0 Å². The molecule has 2 rings (SSSR count). The SMILES string of the molecule is Cc1cccc(CSCCNC(=O)CN(c2ccccc2Cl)S(C)(=O)=O)c1. The summed E-state index contributed by atoms with van der Waals surface area (Å²) < 4.78 is 25.1. The highest BCUT2D eigenvalue weighted by Crippen LogP contribution is 2.26. The molecule has 0 aliphatic rings. The predicted molar refractivity (Wildman–Crippen MR) is 114 cm³/mol. The highest BCUT2D eigenvalue weighted by Gasteiger charge is 2.22. The zero-order valence-corrected chi connectivity index (χ0v) is 17.7. The van der Waals surface area contributed by atoms with E-state index in [-0.39, 0.29) is 17.5 Å². The third kappa shape index (κ3) is 7.08. The zero-order chi connectivity index (χ0) is 19.9. The first-order chi connectivity index (χ1) is 12.8. The van der Waals surface area contributed by atoms with Crippen LogP contribution in [0.5, 0.6) is 0 Å². The van der Waals surface area contributed by atoms with Gasteiger partial charge >= 0.3 is 0 Å². The van der Waals surface area contributed by atoms with Crippen molar-refractivity contribution in [3.63, 3.8) is 0 Å². The number of thioether (sulfide) groups is 1. The Bertz CT molecular complexity index is 888. The van der Waals surface area contributed by atoms with E-state index in [1.54, 1.807) is 36.0 Å². The fraction of sp³-hybridized carbons (Fsp3) is 0.316. The van der Waals surface area contributed by atoms with Gasteiger partial charge in [-0.2, -0.15) is 11.8 Å². The Hall–Kier alpha value is -1.70. The average Bonchev–Trinajstić information content (AvgIpc) is 2.59. The molecule has 0 atom stereocenters. The van der Waals surface area contributed by atoms with Gasteiger partial charge in [0.25, 0.3) is 0 Å². The number of halogens is 1. The minimum Gasteiger partial charge on any atom is -0.354 e. The summed E-state index contributed by atoms with van der Waals surface area (Å²) in [6.45, 7) is 2.22. The van der Waals surface area contributed by atoms with Gasteiger partial charge in [-0.15, -0.1) is 0 Å². The van der Waals surface area contributed by atoms with Gasteiger partial charge in [0.1, 0.15) is 6.54 Å². The van der Waals surface area contributed by atoms with Crippen molar-refractivity contribution in [1.82, 2.24) is 5.32 Å².